The van der Waals surface area contributed by atoms with E-state index in [1.807, 2.05) is 31.2 Å². The molecule has 1 unspecified atom stereocenters. The highest BCUT2D eigenvalue weighted by Gasteiger charge is 2.43. The van der Waals surface area contributed by atoms with E-state index in [1.54, 1.807) is 0 Å². The molecule has 1 amide bonds. The molecular weight excluding hydrogens is 351 g/mol. The molecule has 2 N–H and O–H groups in total. The zero-order valence-corrected chi connectivity index (χ0v) is 15.1. The second-order valence-electron chi connectivity index (χ2n) is 6.13. The standard InChI is InChI=1S/C17H24F3N3OS/c1-13-2-4-14(5-3-13)11-25-12-16(24)22-10-15(17(18,19)20)23-8-6-21-7-9-23/h2-5,15,21H,6-12H2,1H3,(H,22,24). The van der Waals surface area contributed by atoms with Crippen molar-refractivity contribution < 1.29 is 18.0 Å². The van der Waals surface area contributed by atoms with Crippen molar-refractivity contribution in [2.24, 2.45) is 0 Å². The Morgan fingerprint density at radius 1 is 1.28 bits per heavy atom. The molecule has 1 aliphatic heterocycles. The topological polar surface area (TPSA) is 44.4 Å². The minimum atomic E-state index is -4.35. The van der Waals surface area contributed by atoms with Crippen molar-refractivity contribution in [1.29, 1.82) is 0 Å². The molecule has 1 saturated heterocycles. The summed E-state index contributed by atoms with van der Waals surface area (Å²) < 4.78 is 39.7. The Kier molecular flexibility index (Phi) is 7.58. The Labute approximate surface area is 150 Å². The van der Waals surface area contributed by atoms with Crippen molar-refractivity contribution in [3.63, 3.8) is 0 Å². The molecule has 25 heavy (non-hydrogen) atoms. The minimum absolute atomic E-state index is 0.153. The number of aryl methyl sites for hydroxylation is 1. The fourth-order valence-corrected chi connectivity index (χ4v) is 3.47. The molecule has 0 spiro atoms. The summed E-state index contributed by atoms with van der Waals surface area (Å²) in [5.74, 6) is 0.454. The molecule has 1 atom stereocenters. The van der Waals surface area contributed by atoms with E-state index in [0.717, 1.165) is 11.1 Å². The van der Waals surface area contributed by atoms with Crippen molar-refractivity contribution in [2.75, 3.05) is 38.5 Å². The van der Waals surface area contributed by atoms with Gasteiger partial charge < -0.3 is 10.6 Å². The van der Waals surface area contributed by atoms with Gasteiger partial charge in [0, 0.05) is 38.5 Å². The SMILES string of the molecule is Cc1ccc(CSCC(=O)NCC(N2CCNCC2)C(F)(F)F)cc1. The van der Waals surface area contributed by atoms with E-state index in [2.05, 4.69) is 10.6 Å². The quantitative estimate of drug-likeness (QED) is 0.767. The van der Waals surface area contributed by atoms with Gasteiger partial charge in [-0.15, -0.1) is 11.8 Å². The van der Waals surface area contributed by atoms with Crippen molar-refractivity contribution in [3.05, 3.63) is 35.4 Å². The lowest BCUT2D eigenvalue weighted by Gasteiger charge is -2.35. The zero-order valence-electron chi connectivity index (χ0n) is 14.2. The van der Waals surface area contributed by atoms with E-state index < -0.39 is 18.8 Å². The monoisotopic (exact) mass is 375 g/mol. The van der Waals surface area contributed by atoms with Crippen molar-refractivity contribution in [1.82, 2.24) is 15.5 Å². The number of thioether (sulfide) groups is 1. The van der Waals surface area contributed by atoms with Gasteiger partial charge >= 0.3 is 6.18 Å². The van der Waals surface area contributed by atoms with Gasteiger partial charge in [0.25, 0.3) is 0 Å². The molecule has 0 saturated carbocycles. The summed E-state index contributed by atoms with van der Waals surface area (Å²) in [4.78, 5) is 13.3. The van der Waals surface area contributed by atoms with Gasteiger partial charge in [-0.25, -0.2) is 0 Å². The van der Waals surface area contributed by atoms with E-state index in [-0.39, 0.29) is 11.7 Å². The first-order valence-corrected chi connectivity index (χ1v) is 9.43. The maximum atomic E-state index is 13.2. The van der Waals surface area contributed by atoms with Crippen LogP contribution in [-0.2, 0) is 10.5 Å². The second-order valence-corrected chi connectivity index (χ2v) is 7.11. The van der Waals surface area contributed by atoms with Crippen molar-refractivity contribution in [3.8, 4) is 0 Å². The maximum Gasteiger partial charge on any atom is 0.405 e. The molecule has 2 rings (SSSR count). The van der Waals surface area contributed by atoms with Crippen LogP contribution < -0.4 is 10.6 Å². The van der Waals surface area contributed by atoms with Crippen LogP contribution in [0, 0.1) is 6.92 Å². The van der Waals surface area contributed by atoms with Crippen molar-refractivity contribution >= 4 is 17.7 Å². The largest absolute Gasteiger partial charge is 0.405 e. The number of halogens is 3. The number of carbonyl (C=O) groups excluding carboxylic acids is 1. The number of nitrogens with one attached hydrogen (secondary N) is 2. The summed E-state index contributed by atoms with van der Waals surface area (Å²) in [5.41, 5.74) is 2.26. The van der Waals surface area contributed by atoms with Crippen LogP contribution in [0.3, 0.4) is 0 Å². The van der Waals surface area contributed by atoms with Crippen LogP contribution in [0.2, 0.25) is 0 Å². The summed E-state index contributed by atoms with van der Waals surface area (Å²) >= 11 is 1.40. The predicted molar refractivity (Wildman–Crippen MR) is 94.6 cm³/mol. The maximum absolute atomic E-state index is 13.2. The smallest absolute Gasteiger partial charge is 0.353 e. The van der Waals surface area contributed by atoms with Gasteiger partial charge in [-0.05, 0) is 12.5 Å². The first-order valence-electron chi connectivity index (χ1n) is 8.28. The molecule has 1 aliphatic rings. The molecule has 0 bridgehead atoms. The fourth-order valence-electron chi connectivity index (χ4n) is 2.65. The highest BCUT2D eigenvalue weighted by atomic mass is 32.2. The van der Waals surface area contributed by atoms with Gasteiger partial charge in [0.05, 0.1) is 5.75 Å². The van der Waals surface area contributed by atoms with Gasteiger partial charge in [-0.2, -0.15) is 13.2 Å². The first-order chi connectivity index (χ1) is 11.9. The molecule has 140 valence electrons. The third-order valence-corrected chi connectivity index (χ3v) is 5.09. The predicted octanol–water partition coefficient (Wildman–Crippen LogP) is 2.18. The van der Waals surface area contributed by atoms with Crippen LogP contribution in [0.15, 0.2) is 24.3 Å². The van der Waals surface area contributed by atoms with Gasteiger partial charge in [0.2, 0.25) is 5.91 Å². The van der Waals surface area contributed by atoms with E-state index >= 15 is 0 Å². The van der Waals surface area contributed by atoms with Crippen molar-refractivity contribution in [2.45, 2.75) is 24.9 Å². The highest BCUT2D eigenvalue weighted by Crippen LogP contribution is 2.24. The average molecular weight is 375 g/mol. The Hall–Kier alpha value is -1.25. The van der Waals surface area contributed by atoms with Gasteiger partial charge in [-0.1, -0.05) is 29.8 Å². The van der Waals surface area contributed by atoms with E-state index in [1.165, 1.54) is 16.7 Å². The summed E-state index contributed by atoms with van der Waals surface area (Å²) in [6, 6.07) is 6.35. The lowest BCUT2D eigenvalue weighted by atomic mass is 10.2. The number of hydrogen-bond donors (Lipinski definition) is 2. The third-order valence-electron chi connectivity index (χ3n) is 4.09. The molecule has 1 heterocycles. The summed E-state index contributed by atoms with van der Waals surface area (Å²) in [7, 11) is 0. The molecule has 1 aromatic rings. The third kappa shape index (κ3) is 6.87. The van der Waals surface area contributed by atoms with E-state index in [0.29, 0.717) is 31.9 Å². The second kappa shape index (κ2) is 9.45. The number of alkyl halides is 3. The number of amides is 1. The minimum Gasteiger partial charge on any atom is -0.353 e. The van der Waals surface area contributed by atoms with Crippen LogP contribution in [0.4, 0.5) is 13.2 Å². The molecule has 0 aromatic heterocycles. The van der Waals surface area contributed by atoms with Gasteiger partial charge in [0.15, 0.2) is 0 Å². The van der Waals surface area contributed by atoms with Crippen LogP contribution in [0.25, 0.3) is 0 Å². The normalized spacial score (nSPS) is 17.3. The van der Waals surface area contributed by atoms with Gasteiger partial charge in [0.1, 0.15) is 6.04 Å². The zero-order chi connectivity index (χ0) is 18.3. The number of benzene rings is 1. The van der Waals surface area contributed by atoms with Crippen LogP contribution >= 0.6 is 11.8 Å². The summed E-state index contributed by atoms with van der Waals surface area (Å²) in [5, 5.41) is 5.47. The molecule has 1 fully saturated rings. The summed E-state index contributed by atoms with van der Waals surface area (Å²) in [6.07, 6.45) is -4.35. The number of hydrogen-bond acceptors (Lipinski definition) is 4. The molecule has 4 nitrogen and oxygen atoms in total. The van der Waals surface area contributed by atoms with E-state index in [9.17, 15) is 18.0 Å². The van der Waals surface area contributed by atoms with E-state index in [4.69, 9.17) is 0 Å². The van der Waals surface area contributed by atoms with Gasteiger partial charge in [-0.3, -0.25) is 9.69 Å². The summed E-state index contributed by atoms with van der Waals surface area (Å²) in [6.45, 7) is 3.34. The number of carbonyl (C=O) groups is 1. The highest BCUT2D eigenvalue weighted by molar-refractivity contribution is 7.99. The fraction of sp³-hybridized carbons (Fsp3) is 0.588. The molecule has 0 aliphatic carbocycles. The average Bonchev–Trinajstić information content (AvgIpc) is 2.56. The Bertz CT molecular complexity index is 545. The lowest BCUT2D eigenvalue weighted by molar-refractivity contribution is -0.183. The molecule has 8 heteroatoms. The first kappa shape index (κ1) is 20.1. The van der Waals surface area contributed by atoms with Crippen LogP contribution in [0.5, 0.6) is 0 Å². The molecule has 1 aromatic carbocycles. The van der Waals surface area contributed by atoms with Crippen LogP contribution in [0.1, 0.15) is 11.1 Å². The molecular formula is C17H24F3N3OS. The Balaban J connectivity index is 1.75. The Morgan fingerprint density at radius 3 is 2.52 bits per heavy atom. The lowest BCUT2D eigenvalue weighted by Crippen LogP contribution is -2.57. The number of nitrogens with zero attached hydrogens (tertiary/aromatic N) is 1. The number of piperazine rings is 1. The number of rotatable bonds is 7. The Morgan fingerprint density at radius 2 is 1.92 bits per heavy atom. The molecule has 0 radical (unpaired) electrons. The van der Waals surface area contributed by atoms with Crippen LogP contribution in [-0.4, -0.2) is 61.5 Å².